The molecular weight excluding hydrogens is 512 g/mol. The molecule has 1 saturated heterocycles. The standard InChI is InChI=1S/C30H36N4O6/c1-4-37-26-16-21(17-27(38-5-2)29(26)34-12-6-7-13-34)19-33-14-10-22(11-15-33)31-30-32-24-18-23(8-9-25(24)40-30)39-20-28(35)36-3/h6-9,12-13,16-18,22H,4-5,10-11,14-15,19-20H2,1-3H3,(H,31,32). The third-order valence-corrected chi connectivity index (χ3v) is 6.83. The molecule has 0 aliphatic carbocycles. The van der Waals surface area contributed by atoms with Gasteiger partial charge in [-0.15, -0.1) is 0 Å². The fourth-order valence-electron chi connectivity index (χ4n) is 4.93. The molecule has 5 rings (SSSR count). The summed E-state index contributed by atoms with van der Waals surface area (Å²) >= 11 is 0. The van der Waals surface area contributed by atoms with Gasteiger partial charge in [0.05, 0.1) is 20.3 Å². The van der Waals surface area contributed by atoms with Crippen molar-refractivity contribution in [1.29, 1.82) is 0 Å². The minimum atomic E-state index is -0.438. The van der Waals surface area contributed by atoms with Gasteiger partial charge >= 0.3 is 5.97 Å². The normalized spacial score (nSPS) is 14.3. The Morgan fingerprint density at radius 1 is 1.02 bits per heavy atom. The van der Waals surface area contributed by atoms with Crippen LogP contribution in [0.5, 0.6) is 17.2 Å². The molecule has 1 aliphatic rings. The second-order valence-electron chi connectivity index (χ2n) is 9.61. The molecule has 2 aromatic heterocycles. The highest BCUT2D eigenvalue weighted by Gasteiger charge is 2.22. The van der Waals surface area contributed by atoms with E-state index in [0.29, 0.717) is 36.1 Å². The predicted octanol–water partition coefficient (Wildman–Crippen LogP) is 5.04. The number of rotatable bonds is 12. The van der Waals surface area contributed by atoms with Gasteiger partial charge in [-0.1, -0.05) is 0 Å². The van der Waals surface area contributed by atoms with Gasteiger partial charge in [-0.05, 0) is 68.7 Å². The Kier molecular flexibility index (Phi) is 8.75. The van der Waals surface area contributed by atoms with Crippen LogP contribution in [0.4, 0.5) is 6.01 Å². The number of carbonyl (C=O) groups excluding carboxylic acids is 1. The maximum Gasteiger partial charge on any atom is 0.343 e. The molecule has 1 aliphatic heterocycles. The maximum atomic E-state index is 11.3. The fourth-order valence-corrected chi connectivity index (χ4v) is 4.93. The number of nitrogens with one attached hydrogen (secondary N) is 1. The lowest BCUT2D eigenvalue weighted by Gasteiger charge is -2.32. The van der Waals surface area contributed by atoms with Gasteiger partial charge in [0.2, 0.25) is 0 Å². The van der Waals surface area contributed by atoms with E-state index in [1.807, 2.05) is 42.9 Å². The Labute approximate surface area is 233 Å². The third-order valence-electron chi connectivity index (χ3n) is 6.83. The van der Waals surface area contributed by atoms with Crippen molar-refractivity contribution in [3.05, 3.63) is 60.4 Å². The number of aromatic nitrogens is 2. The third kappa shape index (κ3) is 6.51. The number of methoxy groups -OCH3 is 1. The Morgan fingerprint density at radius 2 is 1.73 bits per heavy atom. The summed E-state index contributed by atoms with van der Waals surface area (Å²) in [4.78, 5) is 18.4. The van der Waals surface area contributed by atoms with Crippen LogP contribution >= 0.6 is 0 Å². The molecule has 3 heterocycles. The van der Waals surface area contributed by atoms with Gasteiger partial charge in [-0.3, -0.25) is 4.90 Å². The number of anilines is 1. The molecule has 2 aromatic carbocycles. The first-order chi connectivity index (χ1) is 19.6. The minimum absolute atomic E-state index is 0.152. The van der Waals surface area contributed by atoms with Gasteiger partial charge in [0.25, 0.3) is 6.01 Å². The molecule has 4 aromatic rings. The first-order valence-corrected chi connectivity index (χ1v) is 13.7. The van der Waals surface area contributed by atoms with Crippen LogP contribution in [0.1, 0.15) is 32.3 Å². The van der Waals surface area contributed by atoms with Crippen molar-refractivity contribution < 1.29 is 28.2 Å². The van der Waals surface area contributed by atoms with E-state index in [0.717, 1.165) is 49.7 Å². The van der Waals surface area contributed by atoms with E-state index in [4.69, 9.17) is 18.6 Å². The van der Waals surface area contributed by atoms with Crippen LogP contribution in [0.25, 0.3) is 16.8 Å². The predicted molar refractivity (Wildman–Crippen MR) is 152 cm³/mol. The van der Waals surface area contributed by atoms with Crippen LogP contribution in [0.2, 0.25) is 0 Å². The van der Waals surface area contributed by atoms with Crippen molar-refractivity contribution in [2.45, 2.75) is 39.3 Å². The number of oxazole rings is 1. The highest BCUT2D eigenvalue weighted by atomic mass is 16.6. The molecule has 1 N–H and O–H groups in total. The molecule has 0 unspecified atom stereocenters. The number of carbonyl (C=O) groups is 1. The summed E-state index contributed by atoms with van der Waals surface area (Å²) in [6, 6.07) is 14.3. The van der Waals surface area contributed by atoms with Crippen LogP contribution in [-0.2, 0) is 16.1 Å². The summed E-state index contributed by atoms with van der Waals surface area (Å²) in [6.45, 7) is 7.71. The van der Waals surface area contributed by atoms with Gasteiger partial charge in [0.1, 0.15) is 28.5 Å². The number of likely N-dealkylation sites (tertiary alicyclic amines) is 1. The lowest BCUT2D eigenvalue weighted by Crippen LogP contribution is -2.38. The smallest absolute Gasteiger partial charge is 0.343 e. The van der Waals surface area contributed by atoms with Crippen molar-refractivity contribution in [2.24, 2.45) is 0 Å². The number of nitrogens with zero attached hydrogens (tertiary/aromatic N) is 3. The summed E-state index contributed by atoms with van der Waals surface area (Å²) in [6.07, 6.45) is 5.94. The zero-order valence-electron chi connectivity index (χ0n) is 23.2. The van der Waals surface area contributed by atoms with Gasteiger partial charge in [0, 0.05) is 44.1 Å². The summed E-state index contributed by atoms with van der Waals surface area (Å²) in [7, 11) is 1.33. The van der Waals surface area contributed by atoms with Crippen molar-refractivity contribution in [1.82, 2.24) is 14.5 Å². The molecule has 40 heavy (non-hydrogen) atoms. The zero-order chi connectivity index (χ0) is 27.9. The first kappa shape index (κ1) is 27.4. The summed E-state index contributed by atoms with van der Waals surface area (Å²) in [5, 5.41) is 3.45. The molecule has 212 valence electrons. The van der Waals surface area contributed by atoms with Crippen LogP contribution in [0, 0.1) is 0 Å². The molecule has 1 fully saturated rings. The summed E-state index contributed by atoms with van der Waals surface area (Å²) in [5.41, 5.74) is 3.42. The molecule has 10 heteroatoms. The molecular formula is C30H36N4O6. The maximum absolute atomic E-state index is 11.3. The Morgan fingerprint density at radius 3 is 2.38 bits per heavy atom. The number of benzene rings is 2. The van der Waals surface area contributed by atoms with Crippen LogP contribution in [-0.4, -0.2) is 66.5 Å². The topological polar surface area (TPSA) is 100 Å². The Hall–Kier alpha value is -4.18. The van der Waals surface area contributed by atoms with Crippen molar-refractivity contribution in [3.8, 4) is 22.9 Å². The van der Waals surface area contributed by atoms with Crippen LogP contribution in [0.15, 0.2) is 59.3 Å². The highest BCUT2D eigenvalue weighted by molar-refractivity contribution is 5.76. The SMILES string of the molecule is CCOc1cc(CN2CCC(Nc3nc4cc(OCC(=O)OC)ccc4o3)CC2)cc(OCC)c1-n1cccc1. The van der Waals surface area contributed by atoms with E-state index in [1.165, 1.54) is 12.7 Å². The lowest BCUT2D eigenvalue weighted by atomic mass is 10.0. The van der Waals surface area contributed by atoms with Gasteiger partial charge in [0.15, 0.2) is 12.2 Å². The molecule has 0 amide bonds. The Bertz CT molecular complexity index is 1380. The number of hydrogen-bond acceptors (Lipinski definition) is 9. The minimum Gasteiger partial charge on any atom is -0.492 e. The number of piperidine rings is 1. The van der Waals surface area contributed by atoms with Crippen molar-refractivity contribution in [2.75, 3.05) is 45.3 Å². The van der Waals surface area contributed by atoms with Gasteiger partial charge < -0.3 is 33.2 Å². The molecule has 0 spiro atoms. The monoisotopic (exact) mass is 548 g/mol. The fraction of sp³-hybridized carbons (Fsp3) is 0.400. The summed E-state index contributed by atoms with van der Waals surface area (Å²) in [5.74, 6) is 1.75. The van der Waals surface area contributed by atoms with Crippen molar-refractivity contribution in [3.63, 3.8) is 0 Å². The zero-order valence-corrected chi connectivity index (χ0v) is 23.2. The second kappa shape index (κ2) is 12.8. The van der Waals surface area contributed by atoms with E-state index >= 15 is 0 Å². The number of hydrogen-bond donors (Lipinski definition) is 1. The number of fused-ring (bicyclic) bond motifs is 1. The highest BCUT2D eigenvalue weighted by Crippen LogP contribution is 2.35. The van der Waals surface area contributed by atoms with E-state index < -0.39 is 5.97 Å². The average molecular weight is 549 g/mol. The molecule has 0 atom stereocenters. The molecule has 10 nitrogen and oxygen atoms in total. The Balaban J connectivity index is 1.20. The van der Waals surface area contributed by atoms with Crippen molar-refractivity contribution >= 4 is 23.1 Å². The number of esters is 1. The first-order valence-electron chi connectivity index (χ1n) is 13.7. The quantitative estimate of drug-likeness (QED) is 0.244. The van der Waals surface area contributed by atoms with Crippen LogP contribution < -0.4 is 19.5 Å². The largest absolute Gasteiger partial charge is 0.492 e. The molecule has 0 bridgehead atoms. The van der Waals surface area contributed by atoms with Gasteiger partial charge in [-0.25, -0.2) is 4.79 Å². The molecule has 0 saturated carbocycles. The van der Waals surface area contributed by atoms with E-state index in [9.17, 15) is 4.79 Å². The van der Waals surface area contributed by atoms with E-state index in [2.05, 4.69) is 32.1 Å². The summed E-state index contributed by atoms with van der Waals surface area (Å²) < 4.78 is 30.1. The van der Waals surface area contributed by atoms with E-state index in [1.54, 1.807) is 18.2 Å². The average Bonchev–Trinajstić information content (AvgIpc) is 3.63. The molecule has 0 radical (unpaired) electrons. The lowest BCUT2D eigenvalue weighted by molar-refractivity contribution is -0.142. The van der Waals surface area contributed by atoms with E-state index in [-0.39, 0.29) is 12.6 Å². The second-order valence-corrected chi connectivity index (χ2v) is 9.61. The number of ether oxygens (including phenoxy) is 4. The van der Waals surface area contributed by atoms with Crippen LogP contribution in [0.3, 0.4) is 0 Å². The van der Waals surface area contributed by atoms with Gasteiger partial charge in [-0.2, -0.15) is 4.98 Å².